The molecule has 20 heavy (non-hydrogen) atoms. The van der Waals surface area contributed by atoms with Gasteiger partial charge in [0.05, 0.1) is 14.2 Å². The van der Waals surface area contributed by atoms with Crippen molar-refractivity contribution in [2.45, 2.75) is 5.22 Å². The van der Waals surface area contributed by atoms with Gasteiger partial charge >= 0.3 is 0 Å². The Bertz CT molecular complexity index is 615. The van der Waals surface area contributed by atoms with Crippen molar-refractivity contribution in [3.8, 4) is 23.0 Å². The molecule has 1 heterocycles. The van der Waals surface area contributed by atoms with E-state index in [1.165, 1.54) is 11.8 Å². The highest BCUT2D eigenvalue weighted by Crippen LogP contribution is 2.32. The summed E-state index contributed by atoms with van der Waals surface area (Å²) >= 11 is 7.02. The number of rotatable bonds is 6. The fraction of sp³-hybridized carbons (Fsp3) is 0.231. The second-order valence-electron chi connectivity index (χ2n) is 3.75. The first kappa shape index (κ1) is 14.7. The Hall–Kier alpha value is -1.66. The first-order valence-electron chi connectivity index (χ1n) is 5.66. The normalized spacial score (nSPS) is 10.3. The van der Waals surface area contributed by atoms with Gasteiger partial charge in [-0.25, -0.2) is 0 Å². The van der Waals surface area contributed by atoms with Gasteiger partial charge in [-0.1, -0.05) is 29.9 Å². The Kier molecular flexibility index (Phi) is 4.92. The zero-order valence-electron chi connectivity index (χ0n) is 11.1. The number of aromatic nitrogens is 2. The van der Waals surface area contributed by atoms with Crippen LogP contribution < -0.4 is 9.47 Å². The molecule has 0 N–H and O–H groups in total. The minimum atomic E-state index is 0.411. The predicted molar refractivity (Wildman–Crippen MR) is 78.6 cm³/mol. The molecule has 1 aromatic heterocycles. The zero-order valence-corrected chi connectivity index (χ0v) is 12.6. The van der Waals surface area contributed by atoms with E-state index in [9.17, 15) is 0 Å². The van der Waals surface area contributed by atoms with E-state index >= 15 is 0 Å². The second kappa shape index (κ2) is 6.67. The van der Waals surface area contributed by atoms with Gasteiger partial charge in [0.25, 0.3) is 5.22 Å². The Morgan fingerprint density at radius 2 is 2.05 bits per heavy atom. The molecule has 0 aliphatic heterocycles. The third-order valence-corrected chi connectivity index (χ3v) is 3.59. The number of hydrogen-bond acceptors (Lipinski definition) is 6. The molecule has 0 saturated carbocycles. The first-order valence-corrected chi connectivity index (χ1v) is 7.02. The molecule has 0 fully saturated rings. The van der Waals surface area contributed by atoms with Crippen molar-refractivity contribution >= 4 is 23.4 Å². The van der Waals surface area contributed by atoms with Crippen molar-refractivity contribution < 1.29 is 13.9 Å². The molecule has 0 saturated heterocycles. The van der Waals surface area contributed by atoms with E-state index in [1.807, 2.05) is 6.07 Å². The third-order valence-electron chi connectivity index (χ3n) is 2.39. The summed E-state index contributed by atoms with van der Waals surface area (Å²) in [6.07, 6.45) is 0. The molecule has 0 radical (unpaired) electrons. The SMILES string of the molecule is C=C(Cl)CSc1nnc(-c2ccc(OC)c(OC)c2)o1. The molecule has 0 aliphatic carbocycles. The van der Waals surface area contributed by atoms with Gasteiger partial charge in [0, 0.05) is 16.3 Å². The third kappa shape index (κ3) is 3.46. The summed E-state index contributed by atoms with van der Waals surface area (Å²) < 4.78 is 15.9. The quantitative estimate of drug-likeness (QED) is 0.760. The van der Waals surface area contributed by atoms with Crippen molar-refractivity contribution in [2.24, 2.45) is 0 Å². The molecular weight excluding hydrogens is 300 g/mol. The maximum Gasteiger partial charge on any atom is 0.277 e. The summed E-state index contributed by atoms with van der Waals surface area (Å²) in [7, 11) is 3.15. The molecule has 2 aromatic rings. The van der Waals surface area contributed by atoms with Crippen LogP contribution in [-0.2, 0) is 0 Å². The summed E-state index contributed by atoms with van der Waals surface area (Å²) in [5.74, 6) is 2.18. The maximum atomic E-state index is 5.69. The van der Waals surface area contributed by atoms with E-state index in [0.717, 1.165) is 5.56 Å². The van der Waals surface area contributed by atoms with Crippen LogP contribution in [0.15, 0.2) is 39.5 Å². The fourth-order valence-electron chi connectivity index (χ4n) is 1.49. The van der Waals surface area contributed by atoms with E-state index in [4.69, 9.17) is 25.5 Å². The lowest BCUT2D eigenvalue weighted by molar-refractivity contribution is 0.355. The van der Waals surface area contributed by atoms with E-state index in [1.54, 1.807) is 26.4 Å². The van der Waals surface area contributed by atoms with Crippen LogP contribution >= 0.6 is 23.4 Å². The second-order valence-corrected chi connectivity index (χ2v) is 5.21. The van der Waals surface area contributed by atoms with Crippen molar-refractivity contribution in [3.63, 3.8) is 0 Å². The van der Waals surface area contributed by atoms with Crippen LogP contribution in [0.25, 0.3) is 11.5 Å². The number of nitrogens with zero attached hydrogens (tertiary/aromatic N) is 2. The van der Waals surface area contributed by atoms with Crippen LogP contribution in [0.2, 0.25) is 0 Å². The summed E-state index contributed by atoms with van der Waals surface area (Å²) in [6.45, 7) is 3.60. The van der Waals surface area contributed by atoms with Gasteiger partial charge in [-0.2, -0.15) is 0 Å². The lowest BCUT2D eigenvalue weighted by Crippen LogP contribution is -1.90. The molecular formula is C13H13ClN2O3S. The topological polar surface area (TPSA) is 57.4 Å². The summed E-state index contributed by atoms with van der Waals surface area (Å²) in [6, 6.07) is 5.39. The highest BCUT2D eigenvalue weighted by molar-refractivity contribution is 7.99. The van der Waals surface area contributed by atoms with Gasteiger partial charge < -0.3 is 13.9 Å². The van der Waals surface area contributed by atoms with Crippen LogP contribution in [0.1, 0.15) is 0 Å². The summed E-state index contributed by atoms with van der Waals surface area (Å²) in [4.78, 5) is 0. The molecule has 0 unspecified atom stereocenters. The van der Waals surface area contributed by atoms with Crippen molar-refractivity contribution in [1.82, 2.24) is 10.2 Å². The molecule has 1 aromatic carbocycles. The summed E-state index contributed by atoms with van der Waals surface area (Å²) in [5, 5.41) is 8.90. The maximum absolute atomic E-state index is 5.69. The molecule has 0 amide bonds. The predicted octanol–water partition coefficient (Wildman–Crippen LogP) is 3.60. The van der Waals surface area contributed by atoms with E-state index in [2.05, 4.69) is 16.8 Å². The Morgan fingerprint density at radius 1 is 1.30 bits per heavy atom. The van der Waals surface area contributed by atoms with E-state index in [-0.39, 0.29) is 0 Å². The fourth-order valence-corrected chi connectivity index (χ4v) is 2.17. The van der Waals surface area contributed by atoms with Crippen LogP contribution in [0.5, 0.6) is 11.5 Å². The van der Waals surface area contributed by atoms with Crippen LogP contribution in [0.3, 0.4) is 0 Å². The molecule has 5 nitrogen and oxygen atoms in total. The monoisotopic (exact) mass is 312 g/mol. The molecule has 106 valence electrons. The lowest BCUT2D eigenvalue weighted by atomic mass is 10.2. The van der Waals surface area contributed by atoms with E-state index < -0.39 is 0 Å². The molecule has 0 aliphatic rings. The molecule has 7 heteroatoms. The number of hydrogen-bond donors (Lipinski definition) is 0. The highest BCUT2D eigenvalue weighted by atomic mass is 35.5. The van der Waals surface area contributed by atoms with Gasteiger partial charge in [0.1, 0.15) is 0 Å². The molecule has 0 spiro atoms. The largest absolute Gasteiger partial charge is 0.493 e. The van der Waals surface area contributed by atoms with Crippen molar-refractivity contribution in [2.75, 3.05) is 20.0 Å². The van der Waals surface area contributed by atoms with Gasteiger partial charge in [0.2, 0.25) is 5.89 Å². The minimum absolute atomic E-state index is 0.411. The van der Waals surface area contributed by atoms with Gasteiger partial charge in [-0.15, -0.1) is 10.2 Å². The summed E-state index contributed by atoms with van der Waals surface area (Å²) in [5.41, 5.74) is 0.756. The van der Waals surface area contributed by atoms with Crippen LogP contribution in [-0.4, -0.2) is 30.2 Å². The Morgan fingerprint density at radius 3 is 2.70 bits per heavy atom. The first-order chi connectivity index (χ1) is 9.63. The van der Waals surface area contributed by atoms with Crippen molar-refractivity contribution in [1.29, 1.82) is 0 Å². The average molecular weight is 313 g/mol. The Balaban J connectivity index is 2.21. The average Bonchev–Trinajstić information content (AvgIpc) is 2.93. The minimum Gasteiger partial charge on any atom is -0.493 e. The number of methoxy groups -OCH3 is 2. The zero-order chi connectivity index (χ0) is 14.5. The van der Waals surface area contributed by atoms with Crippen LogP contribution in [0, 0.1) is 0 Å². The smallest absolute Gasteiger partial charge is 0.277 e. The number of ether oxygens (including phenoxy) is 2. The van der Waals surface area contributed by atoms with Gasteiger partial charge in [-0.05, 0) is 18.2 Å². The van der Waals surface area contributed by atoms with E-state index in [0.29, 0.717) is 33.4 Å². The van der Waals surface area contributed by atoms with Crippen LogP contribution in [0.4, 0.5) is 0 Å². The standard InChI is InChI=1S/C13H13ClN2O3S/c1-8(14)7-20-13-16-15-12(19-13)9-4-5-10(17-2)11(6-9)18-3/h4-6H,1,7H2,2-3H3. The molecule has 0 atom stereocenters. The molecule has 2 rings (SSSR count). The number of benzene rings is 1. The van der Waals surface area contributed by atoms with Gasteiger partial charge in [-0.3, -0.25) is 0 Å². The Labute approximate surface area is 125 Å². The van der Waals surface area contributed by atoms with Gasteiger partial charge in [0.15, 0.2) is 11.5 Å². The number of thioether (sulfide) groups is 1. The van der Waals surface area contributed by atoms with Crippen molar-refractivity contribution in [3.05, 3.63) is 29.8 Å². The number of halogens is 1. The molecule has 0 bridgehead atoms. The lowest BCUT2D eigenvalue weighted by Gasteiger charge is -2.07. The highest BCUT2D eigenvalue weighted by Gasteiger charge is 2.12.